The Kier molecular flexibility index (Phi) is 5.27. The van der Waals surface area contributed by atoms with E-state index in [1.54, 1.807) is 0 Å². The number of rotatable bonds is 6. The molecule has 1 aliphatic carbocycles. The van der Waals surface area contributed by atoms with Crippen LogP contribution in [0.3, 0.4) is 0 Å². The normalized spacial score (nSPS) is 17.5. The summed E-state index contributed by atoms with van der Waals surface area (Å²) in [6.07, 6.45) is 5.46. The first-order chi connectivity index (χ1) is 15.6. The third-order valence-electron chi connectivity index (χ3n) is 6.38. The van der Waals surface area contributed by atoms with Crippen molar-refractivity contribution in [2.24, 2.45) is 0 Å². The van der Waals surface area contributed by atoms with Crippen molar-refractivity contribution in [2.75, 3.05) is 13.7 Å². The maximum Gasteiger partial charge on any atom is 0.326 e. The largest absolute Gasteiger partial charge is 0.326 e. The van der Waals surface area contributed by atoms with E-state index in [0.29, 0.717) is 6.54 Å². The molecular weight excluding hydrogens is 402 g/mol. The van der Waals surface area contributed by atoms with E-state index in [-0.39, 0.29) is 18.6 Å². The molecule has 164 valence electrons. The Morgan fingerprint density at radius 1 is 1.00 bits per heavy atom. The molecule has 1 N–H and O–H groups in total. The van der Waals surface area contributed by atoms with E-state index in [2.05, 4.69) is 5.32 Å². The van der Waals surface area contributed by atoms with E-state index in [0.717, 1.165) is 48.2 Å². The monoisotopic (exact) mass is 429 g/mol. The standard InChI is InChI=1S/C25H27N5O2/c1-28(18-29-23(31)25(26-24(29)32)14-8-9-15-25)16-20-17-30(21-12-6-3-7-13-21)27-22(20)19-10-4-2-5-11-19/h2-7,10-13,17H,8-9,14-16,18H2,1H3,(H,26,32). The van der Waals surface area contributed by atoms with Gasteiger partial charge in [-0.25, -0.2) is 14.4 Å². The first-order valence-electron chi connectivity index (χ1n) is 11.1. The third-order valence-corrected chi connectivity index (χ3v) is 6.38. The number of carbonyl (C=O) groups is 2. The number of nitrogens with zero attached hydrogens (tertiary/aromatic N) is 4. The number of para-hydroxylation sites is 1. The Morgan fingerprint density at radius 3 is 2.34 bits per heavy atom. The minimum atomic E-state index is -0.675. The van der Waals surface area contributed by atoms with Gasteiger partial charge in [0, 0.05) is 23.9 Å². The van der Waals surface area contributed by atoms with Crippen LogP contribution >= 0.6 is 0 Å². The van der Waals surface area contributed by atoms with Gasteiger partial charge in [-0.3, -0.25) is 9.69 Å². The van der Waals surface area contributed by atoms with Gasteiger partial charge in [-0.15, -0.1) is 0 Å². The van der Waals surface area contributed by atoms with Gasteiger partial charge in [0.15, 0.2) is 0 Å². The molecule has 2 heterocycles. The van der Waals surface area contributed by atoms with Crippen LogP contribution in [-0.2, 0) is 11.3 Å². The summed E-state index contributed by atoms with van der Waals surface area (Å²) in [5.74, 6) is -0.0879. The van der Waals surface area contributed by atoms with Gasteiger partial charge in [0.2, 0.25) is 0 Å². The van der Waals surface area contributed by atoms with Crippen molar-refractivity contribution in [2.45, 2.75) is 37.8 Å². The fraction of sp³-hybridized carbons (Fsp3) is 0.320. The predicted octanol–water partition coefficient (Wildman–Crippen LogP) is 3.79. The number of urea groups is 1. The number of hydrogen-bond acceptors (Lipinski definition) is 4. The van der Waals surface area contributed by atoms with Crippen LogP contribution in [0.15, 0.2) is 66.9 Å². The summed E-state index contributed by atoms with van der Waals surface area (Å²) < 4.78 is 1.88. The van der Waals surface area contributed by atoms with Crippen molar-refractivity contribution in [1.82, 2.24) is 24.9 Å². The lowest BCUT2D eigenvalue weighted by Gasteiger charge is -2.24. The Morgan fingerprint density at radius 2 is 1.66 bits per heavy atom. The van der Waals surface area contributed by atoms with Gasteiger partial charge < -0.3 is 5.32 Å². The van der Waals surface area contributed by atoms with Crippen LogP contribution in [0.2, 0.25) is 0 Å². The van der Waals surface area contributed by atoms with Gasteiger partial charge in [0.05, 0.1) is 18.1 Å². The summed E-state index contributed by atoms with van der Waals surface area (Å²) in [6, 6.07) is 19.8. The van der Waals surface area contributed by atoms with Crippen LogP contribution in [0, 0.1) is 0 Å². The van der Waals surface area contributed by atoms with Crippen molar-refractivity contribution < 1.29 is 9.59 Å². The summed E-state index contributed by atoms with van der Waals surface area (Å²) in [4.78, 5) is 28.9. The number of aromatic nitrogens is 2. The second kappa shape index (κ2) is 8.24. The Bertz CT molecular complexity index is 1120. The first-order valence-corrected chi connectivity index (χ1v) is 11.1. The number of amides is 3. The maximum absolute atomic E-state index is 13.0. The summed E-state index contributed by atoms with van der Waals surface area (Å²) in [5, 5.41) is 7.81. The van der Waals surface area contributed by atoms with Crippen molar-refractivity contribution >= 4 is 11.9 Å². The molecule has 1 saturated carbocycles. The highest BCUT2D eigenvalue weighted by Gasteiger charge is 2.52. The molecule has 1 saturated heterocycles. The fourth-order valence-corrected chi connectivity index (χ4v) is 4.78. The quantitative estimate of drug-likeness (QED) is 0.605. The Labute approximate surface area is 187 Å². The molecule has 0 radical (unpaired) electrons. The van der Waals surface area contributed by atoms with Crippen molar-refractivity contribution in [3.63, 3.8) is 0 Å². The molecule has 1 spiro atoms. The molecule has 0 unspecified atom stereocenters. The van der Waals surface area contributed by atoms with Crippen LogP contribution in [0.1, 0.15) is 31.2 Å². The number of nitrogens with one attached hydrogen (secondary N) is 1. The van der Waals surface area contributed by atoms with Gasteiger partial charge in [-0.05, 0) is 32.0 Å². The van der Waals surface area contributed by atoms with E-state index in [1.165, 1.54) is 4.90 Å². The third kappa shape index (κ3) is 3.69. The van der Waals surface area contributed by atoms with Crippen LogP contribution in [0.4, 0.5) is 4.79 Å². The highest BCUT2D eigenvalue weighted by molar-refractivity contribution is 6.07. The second-order valence-corrected chi connectivity index (χ2v) is 8.76. The van der Waals surface area contributed by atoms with Gasteiger partial charge >= 0.3 is 6.03 Å². The molecule has 1 aromatic heterocycles. The average Bonchev–Trinajstić information content (AvgIpc) is 3.51. The van der Waals surface area contributed by atoms with E-state index < -0.39 is 5.54 Å². The number of carbonyl (C=O) groups excluding carboxylic acids is 2. The minimum Gasteiger partial charge on any atom is -0.323 e. The lowest BCUT2D eigenvalue weighted by molar-refractivity contribution is -0.132. The molecule has 7 nitrogen and oxygen atoms in total. The van der Waals surface area contributed by atoms with Gasteiger partial charge in [-0.1, -0.05) is 61.4 Å². The van der Waals surface area contributed by atoms with Crippen LogP contribution in [0.25, 0.3) is 16.9 Å². The summed E-state index contributed by atoms with van der Waals surface area (Å²) in [7, 11) is 1.93. The van der Waals surface area contributed by atoms with E-state index in [1.807, 2.05) is 83.5 Å². The zero-order valence-corrected chi connectivity index (χ0v) is 18.2. The second-order valence-electron chi connectivity index (χ2n) is 8.76. The zero-order valence-electron chi connectivity index (χ0n) is 18.2. The van der Waals surface area contributed by atoms with Gasteiger partial charge in [-0.2, -0.15) is 5.10 Å². The number of imide groups is 1. The number of hydrogen-bond donors (Lipinski definition) is 1. The van der Waals surface area contributed by atoms with E-state index >= 15 is 0 Å². The number of benzene rings is 2. The molecule has 2 aromatic carbocycles. The molecule has 3 amide bonds. The fourth-order valence-electron chi connectivity index (χ4n) is 4.78. The Balaban J connectivity index is 1.39. The van der Waals surface area contributed by atoms with Crippen molar-refractivity contribution in [3.8, 4) is 16.9 Å². The highest BCUT2D eigenvalue weighted by atomic mass is 16.2. The molecule has 32 heavy (non-hydrogen) atoms. The Hall–Kier alpha value is -3.45. The smallest absolute Gasteiger partial charge is 0.323 e. The molecule has 7 heteroatoms. The van der Waals surface area contributed by atoms with Crippen LogP contribution in [-0.4, -0.2) is 50.8 Å². The molecular formula is C25H27N5O2. The van der Waals surface area contributed by atoms with E-state index in [9.17, 15) is 9.59 Å². The summed E-state index contributed by atoms with van der Waals surface area (Å²) >= 11 is 0. The van der Waals surface area contributed by atoms with Gasteiger partial charge in [0.25, 0.3) is 5.91 Å². The summed E-state index contributed by atoms with van der Waals surface area (Å²) in [6.45, 7) is 0.804. The molecule has 2 aliphatic rings. The van der Waals surface area contributed by atoms with Crippen molar-refractivity contribution in [3.05, 3.63) is 72.4 Å². The summed E-state index contributed by atoms with van der Waals surface area (Å²) in [5.41, 5.74) is 3.27. The maximum atomic E-state index is 13.0. The van der Waals surface area contributed by atoms with Crippen molar-refractivity contribution in [1.29, 1.82) is 0 Å². The predicted molar refractivity (Wildman–Crippen MR) is 122 cm³/mol. The lowest BCUT2D eigenvalue weighted by atomic mass is 9.98. The molecule has 3 aromatic rings. The first kappa shape index (κ1) is 20.5. The highest BCUT2D eigenvalue weighted by Crippen LogP contribution is 2.35. The average molecular weight is 430 g/mol. The van der Waals surface area contributed by atoms with Crippen LogP contribution < -0.4 is 5.32 Å². The minimum absolute atomic E-state index is 0.0879. The van der Waals surface area contributed by atoms with Crippen LogP contribution in [0.5, 0.6) is 0 Å². The molecule has 2 fully saturated rings. The molecule has 0 bridgehead atoms. The van der Waals surface area contributed by atoms with Gasteiger partial charge in [0.1, 0.15) is 5.54 Å². The van der Waals surface area contributed by atoms with E-state index in [4.69, 9.17) is 5.10 Å². The SMILES string of the molecule is CN(Cc1cn(-c2ccccc2)nc1-c1ccccc1)CN1C(=O)NC2(CCCC2)C1=O. The zero-order chi connectivity index (χ0) is 22.1. The molecule has 5 rings (SSSR count). The topological polar surface area (TPSA) is 70.5 Å². The molecule has 1 aliphatic heterocycles. The lowest BCUT2D eigenvalue weighted by Crippen LogP contribution is -2.45. The molecule has 0 atom stereocenters.